The number of anilines is 1. The van der Waals surface area contributed by atoms with Gasteiger partial charge in [-0.2, -0.15) is 0 Å². The minimum Gasteiger partial charge on any atom is -0.310 e. The lowest BCUT2D eigenvalue weighted by Crippen LogP contribution is -2.64. The number of thiocarbonyl (C=S) groups is 1. The fraction of sp³-hybridized carbons (Fsp3) is 0.250. The van der Waals surface area contributed by atoms with Gasteiger partial charge in [0.05, 0.1) is 0 Å². The van der Waals surface area contributed by atoms with E-state index in [4.69, 9.17) is 18.0 Å². The molecule has 1 aliphatic heterocycles. The number of amides is 1. The number of benzene rings is 1. The van der Waals surface area contributed by atoms with Crippen LogP contribution in [0, 0.1) is 12.8 Å². The Morgan fingerprint density at radius 1 is 1.44 bits per heavy atom. The van der Waals surface area contributed by atoms with Gasteiger partial charge in [0, 0.05) is 5.69 Å². The van der Waals surface area contributed by atoms with Gasteiger partial charge in [-0.15, -0.1) is 0 Å². The highest BCUT2D eigenvalue weighted by molar-refractivity contribution is 7.80. The molecule has 1 saturated heterocycles. The number of aldehydes is 1. The van der Waals surface area contributed by atoms with E-state index in [2.05, 4.69) is 5.32 Å². The minimum atomic E-state index is -0.920. The fourth-order valence-electron chi connectivity index (χ4n) is 1.95. The van der Waals surface area contributed by atoms with Crippen molar-refractivity contribution in [3.05, 3.63) is 29.8 Å². The molecule has 0 spiro atoms. The highest BCUT2D eigenvalue weighted by atomic mass is 32.1. The molecular weight excluding hydrogens is 250 g/mol. The van der Waals surface area contributed by atoms with Gasteiger partial charge in [-0.05, 0) is 30.8 Å². The van der Waals surface area contributed by atoms with Gasteiger partial charge in [0.1, 0.15) is 18.4 Å². The molecule has 2 unspecified atom stereocenters. The van der Waals surface area contributed by atoms with Crippen LogP contribution in [0.3, 0.4) is 0 Å². The van der Waals surface area contributed by atoms with E-state index >= 15 is 0 Å². The highest BCUT2D eigenvalue weighted by Gasteiger charge is 2.38. The monoisotopic (exact) mass is 263 g/mol. The summed E-state index contributed by atoms with van der Waals surface area (Å²) >= 11 is 5.12. The predicted octanol–water partition coefficient (Wildman–Crippen LogP) is 0.316. The second-order valence-corrected chi connectivity index (χ2v) is 4.49. The van der Waals surface area contributed by atoms with Crippen LogP contribution in [0.15, 0.2) is 24.3 Å². The van der Waals surface area contributed by atoms with Crippen molar-refractivity contribution >= 4 is 35.2 Å². The third kappa shape index (κ3) is 2.00. The van der Waals surface area contributed by atoms with Gasteiger partial charge in [0.25, 0.3) is 0 Å². The van der Waals surface area contributed by atoms with E-state index in [0.29, 0.717) is 6.29 Å². The van der Waals surface area contributed by atoms with Gasteiger partial charge in [0.15, 0.2) is 5.11 Å². The molecule has 3 N–H and O–H groups in total. The SMILES string of the molecule is Cc1ccccc1N1C(=S)NC(=O)C(C=O)C1N. The molecule has 1 aromatic rings. The summed E-state index contributed by atoms with van der Waals surface area (Å²) in [7, 11) is 0. The van der Waals surface area contributed by atoms with Crippen LogP contribution in [0.25, 0.3) is 0 Å². The first-order chi connectivity index (χ1) is 8.56. The molecule has 0 aromatic heterocycles. The quantitative estimate of drug-likeness (QED) is 0.456. The van der Waals surface area contributed by atoms with E-state index in [1.165, 1.54) is 0 Å². The van der Waals surface area contributed by atoms with Crippen molar-refractivity contribution in [2.45, 2.75) is 13.1 Å². The molecule has 1 aliphatic rings. The summed E-state index contributed by atoms with van der Waals surface area (Å²) in [6.45, 7) is 1.91. The van der Waals surface area contributed by atoms with Gasteiger partial charge < -0.3 is 20.7 Å². The molecular formula is C12H13N3O2S. The Kier molecular flexibility index (Phi) is 3.40. The van der Waals surface area contributed by atoms with E-state index < -0.39 is 18.0 Å². The lowest BCUT2D eigenvalue weighted by molar-refractivity contribution is -0.129. The van der Waals surface area contributed by atoms with Crippen LogP contribution in [0.1, 0.15) is 5.56 Å². The fourth-order valence-corrected chi connectivity index (χ4v) is 2.27. The summed E-state index contributed by atoms with van der Waals surface area (Å²) in [6, 6.07) is 7.51. The molecule has 0 radical (unpaired) electrons. The first kappa shape index (κ1) is 12.7. The van der Waals surface area contributed by atoms with Gasteiger partial charge in [-0.3, -0.25) is 4.79 Å². The molecule has 18 heavy (non-hydrogen) atoms. The first-order valence-corrected chi connectivity index (χ1v) is 5.87. The number of para-hydroxylation sites is 1. The van der Waals surface area contributed by atoms with Crippen molar-refractivity contribution in [1.29, 1.82) is 0 Å². The number of nitrogens with one attached hydrogen (secondary N) is 1. The summed E-state index contributed by atoms with van der Waals surface area (Å²) in [4.78, 5) is 24.1. The second kappa shape index (κ2) is 4.83. The molecule has 1 amide bonds. The van der Waals surface area contributed by atoms with E-state index in [9.17, 15) is 9.59 Å². The van der Waals surface area contributed by atoms with Crippen LogP contribution in [-0.4, -0.2) is 23.5 Å². The molecule has 6 heteroatoms. The summed E-state index contributed by atoms with van der Waals surface area (Å²) < 4.78 is 0. The average Bonchev–Trinajstić information content (AvgIpc) is 2.31. The molecule has 1 fully saturated rings. The number of aryl methyl sites for hydroxylation is 1. The van der Waals surface area contributed by atoms with Crippen molar-refractivity contribution in [2.75, 3.05) is 4.90 Å². The smallest absolute Gasteiger partial charge is 0.239 e. The molecule has 0 bridgehead atoms. The van der Waals surface area contributed by atoms with Crippen molar-refractivity contribution < 1.29 is 9.59 Å². The molecule has 1 heterocycles. The zero-order valence-corrected chi connectivity index (χ0v) is 10.6. The van der Waals surface area contributed by atoms with Crippen molar-refractivity contribution in [3.8, 4) is 0 Å². The maximum absolute atomic E-state index is 11.6. The molecule has 1 aromatic carbocycles. The van der Waals surface area contributed by atoms with Gasteiger partial charge in [-0.1, -0.05) is 18.2 Å². The lowest BCUT2D eigenvalue weighted by Gasteiger charge is -2.38. The summed E-state index contributed by atoms with van der Waals surface area (Å²) in [5.74, 6) is -1.37. The third-order valence-corrected chi connectivity index (χ3v) is 3.24. The van der Waals surface area contributed by atoms with E-state index in [1.807, 2.05) is 31.2 Å². The number of hydrogen-bond acceptors (Lipinski definition) is 4. The van der Waals surface area contributed by atoms with Crippen molar-refractivity contribution in [2.24, 2.45) is 11.7 Å². The van der Waals surface area contributed by atoms with Crippen LogP contribution >= 0.6 is 12.2 Å². The number of carbonyl (C=O) groups excluding carboxylic acids is 2. The topological polar surface area (TPSA) is 75.4 Å². The number of rotatable bonds is 2. The molecule has 0 aliphatic carbocycles. The molecule has 5 nitrogen and oxygen atoms in total. The second-order valence-electron chi connectivity index (χ2n) is 4.10. The Labute approximate surface area is 110 Å². The maximum atomic E-state index is 11.6. The van der Waals surface area contributed by atoms with Gasteiger partial charge >= 0.3 is 0 Å². The Hall–Kier alpha value is -1.79. The molecule has 0 saturated carbocycles. The molecule has 2 rings (SSSR count). The van der Waals surface area contributed by atoms with Crippen molar-refractivity contribution in [3.63, 3.8) is 0 Å². The summed E-state index contributed by atoms with van der Waals surface area (Å²) in [5.41, 5.74) is 7.72. The number of nitrogens with zero attached hydrogens (tertiary/aromatic N) is 1. The summed E-state index contributed by atoms with van der Waals surface area (Å²) in [5, 5.41) is 2.72. The van der Waals surface area contributed by atoms with E-state index in [-0.39, 0.29) is 5.11 Å². The largest absolute Gasteiger partial charge is 0.310 e. The highest BCUT2D eigenvalue weighted by Crippen LogP contribution is 2.25. The average molecular weight is 263 g/mol. The van der Waals surface area contributed by atoms with Crippen LogP contribution in [-0.2, 0) is 9.59 Å². The lowest BCUT2D eigenvalue weighted by atomic mass is 10.0. The van der Waals surface area contributed by atoms with Crippen LogP contribution in [0.5, 0.6) is 0 Å². The van der Waals surface area contributed by atoms with Crippen LogP contribution in [0.2, 0.25) is 0 Å². The third-order valence-electron chi connectivity index (χ3n) is 2.94. The van der Waals surface area contributed by atoms with Crippen LogP contribution < -0.4 is 16.0 Å². The maximum Gasteiger partial charge on any atom is 0.239 e. The number of carbonyl (C=O) groups is 2. The van der Waals surface area contributed by atoms with Crippen LogP contribution in [0.4, 0.5) is 5.69 Å². The number of hydrogen-bond donors (Lipinski definition) is 2. The molecule has 2 atom stereocenters. The van der Waals surface area contributed by atoms with E-state index in [0.717, 1.165) is 11.3 Å². The number of nitrogens with two attached hydrogens (primary N) is 1. The summed E-state index contributed by atoms with van der Waals surface area (Å²) in [6.07, 6.45) is -0.225. The zero-order chi connectivity index (χ0) is 13.3. The van der Waals surface area contributed by atoms with Gasteiger partial charge in [-0.25, -0.2) is 0 Å². The van der Waals surface area contributed by atoms with Crippen molar-refractivity contribution in [1.82, 2.24) is 5.32 Å². The van der Waals surface area contributed by atoms with Gasteiger partial charge in [0.2, 0.25) is 5.91 Å². The predicted molar refractivity (Wildman–Crippen MR) is 71.9 cm³/mol. The Balaban J connectivity index is 2.43. The first-order valence-electron chi connectivity index (χ1n) is 5.47. The normalized spacial score (nSPS) is 23.8. The zero-order valence-electron chi connectivity index (χ0n) is 9.79. The van der Waals surface area contributed by atoms with E-state index in [1.54, 1.807) is 4.90 Å². The molecule has 94 valence electrons. The Bertz CT molecular complexity index is 518. The Morgan fingerprint density at radius 2 is 2.11 bits per heavy atom. The standard InChI is InChI=1S/C12H13N3O2S/c1-7-4-2-3-5-9(7)15-10(13)8(6-16)11(17)14-12(15)18/h2-6,8,10H,13H2,1H3,(H,14,17,18). The minimum absolute atomic E-state index is 0.222. The Morgan fingerprint density at radius 3 is 2.72 bits per heavy atom.